The molecular formula is C18H25NO6. The maximum atomic E-state index is 12.4. The Bertz CT molecular complexity index is 631. The molecule has 0 saturated carbocycles. The first kappa shape index (κ1) is 20.6. The maximum Gasteiger partial charge on any atom is 0.336 e. The van der Waals surface area contributed by atoms with E-state index < -0.39 is 53.0 Å². The van der Waals surface area contributed by atoms with E-state index in [0.29, 0.717) is 0 Å². The number of aliphatic hydroxyl groups is 2. The van der Waals surface area contributed by atoms with Gasteiger partial charge in [-0.1, -0.05) is 45.4 Å². The Morgan fingerprint density at radius 2 is 1.92 bits per heavy atom. The lowest BCUT2D eigenvalue weighted by molar-refractivity contribution is -0.165. The summed E-state index contributed by atoms with van der Waals surface area (Å²) in [6.45, 7) is 5.04. The molecule has 0 spiro atoms. The molecule has 0 aromatic rings. The van der Waals surface area contributed by atoms with Crippen molar-refractivity contribution in [2.45, 2.75) is 51.7 Å². The first-order valence-electron chi connectivity index (χ1n) is 8.22. The highest BCUT2D eigenvalue weighted by atomic mass is 16.4. The van der Waals surface area contributed by atoms with Gasteiger partial charge < -0.3 is 20.6 Å². The Kier molecular flexibility index (Phi) is 7.11. The summed E-state index contributed by atoms with van der Waals surface area (Å²) in [5.41, 5.74) is -2.58. The number of nitrogens with one attached hydrogen (secondary N) is 1. The van der Waals surface area contributed by atoms with E-state index in [1.165, 1.54) is 26.0 Å². The summed E-state index contributed by atoms with van der Waals surface area (Å²) >= 11 is 0. The predicted octanol–water partition coefficient (Wildman–Crippen LogP) is 1.64. The van der Waals surface area contributed by atoms with Crippen molar-refractivity contribution in [2.24, 2.45) is 5.92 Å². The summed E-state index contributed by atoms with van der Waals surface area (Å²) in [7, 11) is 0. The second kappa shape index (κ2) is 8.62. The second-order valence-corrected chi connectivity index (χ2v) is 6.31. The average molecular weight is 351 g/mol. The molecule has 2 unspecified atom stereocenters. The molecule has 1 amide bonds. The number of allylic oxidation sites excluding steroid dienone is 4. The molecule has 4 N–H and O–H groups in total. The molecule has 0 aromatic heterocycles. The largest absolute Gasteiger partial charge is 0.507 e. The SMILES string of the molecule is CCC/C=C/C=C/C(O)=C1/C(=O)NC(CC(O)(C(=O)O)C(C)C)C1=O. The van der Waals surface area contributed by atoms with Crippen LogP contribution in [-0.2, 0) is 14.4 Å². The zero-order chi connectivity index (χ0) is 19.2. The van der Waals surface area contributed by atoms with Crippen molar-refractivity contribution in [2.75, 3.05) is 0 Å². The van der Waals surface area contributed by atoms with Crippen LogP contribution < -0.4 is 5.32 Å². The number of amides is 1. The smallest absolute Gasteiger partial charge is 0.336 e. The second-order valence-electron chi connectivity index (χ2n) is 6.31. The summed E-state index contributed by atoms with van der Waals surface area (Å²) in [6, 6.07) is -1.20. The first-order chi connectivity index (χ1) is 11.6. The van der Waals surface area contributed by atoms with Crippen molar-refractivity contribution in [3.8, 4) is 0 Å². The Labute approximate surface area is 146 Å². The number of Topliss-reactive ketones (excluding diaryl/α,β-unsaturated/α-hetero) is 1. The molecule has 1 rings (SSSR count). The van der Waals surface area contributed by atoms with Gasteiger partial charge in [0.25, 0.3) is 5.91 Å². The molecule has 0 radical (unpaired) electrons. The Morgan fingerprint density at radius 1 is 1.28 bits per heavy atom. The van der Waals surface area contributed by atoms with Gasteiger partial charge in [0.05, 0.1) is 6.04 Å². The van der Waals surface area contributed by atoms with Crippen LogP contribution in [0.3, 0.4) is 0 Å². The minimum Gasteiger partial charge on any atom is -0.507 e. The van der Waals surface area contributed by atoms with Gasteiger partial charge in [-0.3, -0.25) is 9.59 Å². The molecule has 7 heteroatoms. The van der Waals surface area contributed by atoms with E-state index >= 15 is 0 Å². The number of carboxylic acids is 1. The lowest BCUT2D eigenvalue weighted by atomic mass is 9.83. The molecule has 2 atom stereocenters. The quantitative estimate of drug-likeness (QED) is 0.228. The minimum atomic E-state index is -2.16. The predicted molar refractivity (Wildman–Crippen MR) is 91.8 cm³/mol. The molecule has 1 aliphatic rings. The molecule has 0 aliphatic carbocycles. The van der Waals surface area contributed by atoms with Gasteiger partial charge in [0.15, 0.2) is 11.4 Å². The number of carbonyl (C=O) groups excluding carboxylic acids is 2. The van der Waals surface area contributed by atoms with Crippen LogP contribution in [-0.4, -0.2) is 44.6 Å². The van der Waals surface area contributed by atoms with E-state index in [1.807, 2.05) is 13.0 Å². The third-order valence-corrected chi connectivity index (χ3v) is 4.15. The van der Waals surface area contributed by atoms with E-state index in [4.69, 9.17) is 0 Å². The maximum absolute atomic E-state index is 12.4. The summed E-state index contributed by atoms with van der Waals surface area (Å²) in [5.74, 6) is -4.14. The number of hydrogen-bond donors (Lipinski definition) is 4. The molecule has 1 heterocycles. The van der Waals surface area contributed by atoms with Crippen molar-refractivity contribution in [3.05, 3.63) is 35.6 Å². The Morgan fingerprint density at radius 3 is 2.44 bits per heavy atom. The van der Waals surface area contributed by atoms with Crippen LogP contribution in [0.1, 0.15) is 40.0 Å². The van der Waals surface area contributed by atoms with Crippen LogP contribution in [0.15, 0.2) is 35.6 Å². The normalized spacial score (nSPS) is 22.7. The van der Waals surface area contributed by atoms with Crippen LogP contribution in [0.2, 0.25) is 0 Å². The number of hydrogen-bond acceptors (Lipinski definition) is 5. The molecular weight excluding hydrogens is 326 g/mol. The van der Waals surface area contributed by atoms with E-state index in [9.17, 15) is 29.7 Å². The number of carbonyl (C=O) groups is 3. The molecule has 25 heavy (non-hydrogen) atoms. The number of rotatable bonds is 8. The standard InChI is InChI=1S/C18H25NO6/c1-4-5-6-7-8-9-13(20)14-15(21)12(19-16(14)22)10-18(25,11(2)3)17(23)24/h6-9,11-12,20,25H,4-5,10H2,1-3H3,(H,19,22)(H,23,24)/b7-6+,9-8+,14-13-. The Balaban J connectivity index is 2.99. The van der Waals surface area contributed by atoms with Gasteiger partial charge in [-0.05, 0) is 18.4 Å². The van der Waals surface area contributed by atoms with Gasteiger partial charge >= 0.3 is 5.97 Å². The zero-order valence-corrected chi connectivity index (χ0v) is 14.7. The van der Waals surface area contributed by atoms with E-state index in [2.05, 4.69) is 5.32 Å². The fourth-order valence-electron chi connectivity index (χ4n) is 2.42. The Hall–Kier alpha value is -2.41. The van der Waals surface area contributed by atoms with E-state index in [0.717, 1.165) is 12.8 Å². The number of aliphatic carboxylic acids is 1. The van der Waals surface area contributed by atoms with Gasteiger partial charge in [-0.2, -0.15) is 0 Å². The van der Waals surface area contributed by atoms with E-state index in [1.54, 1.807) is 6.08 Å². The van der Waals surface area contributed by atoms with Crippen molar-refractivity contribution in [1.82, 2.24) is 5.32 Å². The van der Waals surface area contributed by atoms with Gasteiger partial charge in [-0.15, -0.1) is 0 Å². The van der Waals surface area contributed by atoms with E-state index in [-0.39, 0.29) is 0 Å². The zero-order valence-electron chi connectivity index (χ0n) is 14.7. The van der Waals surface area contributed by atoms with Gasteiger partial charge in [0, 0.05) is 6.42 Å². The van der Waals surface area contributed by atoms with Crippen molar-refractivity contribution >= 4 is 17.7 Å². The van der Waals surface area contributed by atoms with Crippen molar-refractivity contribution < 1.29 is 29.7 Å². The number of unbranched alkanes of at least 4 members (excludes halogenated alkanes) is 1. The number of ketones is 1. The monoisotopic (exact) mass is 351 g/mol. The molecule has 1 aliphatic heterocycles. The third-order valence-electron chi connectivity index (χ3n) is 4.15. The molecule has 1 fully saturated rings. The minimum absolute atomic E-state index is 0.429. The first-order valence-corrected chi connectivity index (χ1v) is 8.22. The summed E-state index contributed by atoms with van der Waals surface area (Å²) in [6.07, 6.45) is 7.68. The third kappa shape index (κ3) is 4.79. The summed E-state index contributed by atoms with van der Waals surface area (Å²) in [4.78, 5) is 35.7. The number of carboxylic acid groups (broad SMARTS) is 1. The molecule has 7 nitrogen and oxygen atoms in total. The van der Waals surface area contributed by atoms with Gasteiger partial charge in [0.2, 0.25) is 0 Å². The van der Waals surface area contributed by atoms with Crippen LogP contribution >= 0.6 is 0 Å². The van der Waals surface area contributed by atoms with Crippen LogP contribution in [0.25, 0.3) is 0 Å². The summed E-state index contributed by atoms with van der Waals surface area (Å²) < 4.78 is 0. The lowest BCUT2D eigenvalue weighted by Crippen LogP contribution is -2.49. The fraction of sp³-hybridized carbons (Fsp3) is 0.500. The molecule has 0 bridgehead atoms. The van der Waals surface area contributed by atoms with Crippen LogP contribution in [0.5, 0.6) is 0 Å². The molecule has 0 aromatic carbocycles. The van der Waals surface area contributed by atoms with Crippen LogP contribution in [0.4, 0.5) is 0 Å². The average Bonchev–Trinajstić information content (AvgIpc) is 2.80. The molecule has 1 saturated heterocycles. The highest BCUT2D eigenvalue weighted by molar-refractivity contribution is 6.27. The topological polar surface area (TPSA) is 124 Å². The lowest BCUT2D eigenvalue weighted by Gasteiger charge is -2.29. The summed E-state index contributed by atoms with van der Waals surface area (Å²) in [5, 5.41) is 31.8. The van der Waals surface area contributed by atoms with Crippen LogP contribution in [0, 0.1) is 5.92 Å². The van der Waals surface area contributed by atoms with Gasteiger partial charge in [-0.25, -0.2) is 4.79 Å². The van der Waals surface area contributed by atoms with Crippen molar-refractivity contribution in [3.63, 3.8) is 0 Å². The fourth-order valence-corrected chi connectivity index (χ4v) is 2.42. The van der Waals surface area contributed by atoms with Crippen molar-refractivity contribution in [1.29, 1.82) is 0 Å². The number of aliphatic hydroxyl groups excluding tert-OH is 1. The highest BCUT2D eigenvalue weighted by Crippen LogP contribution is 2.27. The van der Waals surface area contributed by atoms with Gasteiger partial charge in [0.1, 0.15) is 11.3 Å². The highest BCUT2D eigenvalue weighted by Gasteiger charge is 2.47. The molecule has 138 valence electrons.